The second kappa shape index (κ2) is 8.46. The van der Waals surface area contributed by atoms with Crippen molar-refractivity contribution in [3.05, 3.63) is 59.1 Å². The van der Waals surface area contributed by atoms with Crippen LogP contribution in [0.5, 0.6) is 5.75 Å². The fraction of sp³-hybridized carbons (Fsp3) is 0.235. The van der Waals surface area contributed by atoms with Gasteiger partial charge in [0.2, 0.25) is 9.84 Å². The SMILES string of the molecule is CN(CCOc1ccc(Cl)cc1)C(=O)c1ccc(S(=O)(=O)C(F)F)cc1. The molecule has 0 heterocycles. The van der Waals surface area contributed by atoms with Gasteiger partial charge in [0.15, 0.2) is 0 Å². The molecule has 0 radical (unpaired) electrons. The predicted molar refractivity (Wildman–Crippen MR) is 93.5 cm³/mol. The Morgan fingerprint density at radius 3 is 2.23 bits per heavy atom. The maximum absolute atomic E-state index is 12.5. The van der Waals surface area contributed by atoms with E-state index in [-0.39, 0.29) is 24.6 Å². The van der Waals surface area contributed by atoms with Crippen LogP contribution in [0.2, 0.25) is 5.02 Å². The van der Waals surface area contributed by atoms with Gasteiger partial charge >= 0.3 is 5.76 Å². The Morgan fingerprint density at radius 2 is 1.69 bits per heavy atom. The van der Waals surface area contributed by atoms with Gasteiger partial charge in [0, 0.05) is 17.6 Å². The van der Waals surface area contributed by atoms with E-state index >= 15 is 0 Å². The number of halogens is 3. The zero-order valence-corrected chi connectivity index (χ0v) is 15.3. The standard InChI is InChI=1S/C17H16ClF2NO4S/c1-21(10-11-25-14-6-4-13(18)5-7-14)16(22)12-2-8-15(9-3-12)26(23,24)17(19)20/h2-9,17H,10-11H2,1H3. The van der Waals surface area contributed by atoms with E-state index in [1.165, 1.54) is 17.0 Å². The summed E-state index contributed by atoms with van der Waals surface area (Å²) in [7, 11) is -3.12. The lowest BCUT2D eigenvalue weighted by atomic mass is 10.2. The van der Waals surface area contributed by atoms with Crippen molar-refractivity contribution in [1.29, 1.82) is 0 Å². The molecule has 2 aromatic rings. The van der Waals surface area contributed by atoms with E-state index in [2.05, 4.69) is 0 Å². The fourth-order valence-corrected chi connectivity index (χ4v) is 2.89. The highest BCUT2D eigenvalue weighted by Crippen LogP contribution is 2.19. The van der Waals surface area contributed by atoms with Crippen molar-refractivity contribution in [2.24, 2.45) is 0 Å². The lowest BCUT2D eigenvalue weighted by molar-refractivity contribution is 0.0773. The van der Waals surface area contributed by atoms with Gasteiger partial charge in [-0.2, -0.15) is 8.78 Å². The first-order valence-electron chi connectivity index (χ1n) is 7.48. The highest BCUT2D eigenvalue weighted by Gasteiger charge is 2.26. The molecule has 0 bridgehead atoms. The Kier molecular flexibility index (Phi) is 6.55. The number of nitrogens with zero attached hydrogens (tertiary/aromatic N) is 1. The molecular formula is C17H16ClF2NO4S. The number of sulfone groups is 1. The first kappa shape index (κ1) is 20.1. The van der Waals surface area contributed by atoms with E-state index in [0.717, 1.165) is 12.1 Å². The van der Waals surface area contributed by atoms with Gasteiger partial charge in [-0.05, 0) is 48.5 Å². The number of hydrogen-bond donors (Lipinski definition) is 0. The minimum absolute atomic E-state index is 0.187. The van der Waals surface area contributed by atoms with Crippen molar-refractivity contribution in [3.63, 3.8) is 0 Å². The van der Waals surface area contributed by atoms with Gasteiger partial charge in [-0.1, -0.05) is 11.6 Å². The third kappa shape index (κ3) is 4.92. The average Bonchev–Trinajstić information content (AvgIpc) is 2.62. The number of likely N-dealkylation sites (N-methyl/N-ethyl adjacent to an activating group) is 1. The van der Waals surface area contributed by atoms with Crippen LogP contribution in [0.1, 0.15) is 10.4 Å². The third-order valence-electron chi connectivity index (χ3n) is 3.52. The smallest absolute Gasteiger partial charge is 0.341 e. The molecule has 1 amide bonds. The van der Waals surface area contributed by atoms with Crippen LogP contribution < -0.4 is 4.74 Å². The van der Waals surface area contributed by atoms with Crippen LogP contribution >= 0.6 is 11.6 Å². The first-order chi connectivity index (χ1) is 12.2. The van der Waals surface area contributed by atoms with Crippen LogP contribution in [0, 0.1) is 0 Å². The summed E-state index contributed by atoms with van der Waals surface area (Å²) in [5.41, 5.74) is 0.187. The minimum Gasteiger partial charge on any atom is -0.492 e. The molecule has 0 aliphatic heterocycles. The van der Waals surface area contributed by atoms with Gasteiger partial charge < -0.3 is 9.64 Å². The molecule has 0 N–H and O–H groups in total. The number of carbonyl (C=O) groups is 1. The number of rotatable bonds is 7. The van der Waals surface area contributed by atoms with Crippen LogP contribution in [0.4, 0.5) is 8.78 Å². The molecule has 2 aromatic carbocycles. The molecule has 0 saturated heterocycles. The molecule has 0 fully saturated rings. The highest BCUT2D eigenvalue weighted by molar-refractivity contribution is 7.91. The Balaban J connectivity index is 1.94. The summed E-state index contributed by atoms with van der Waals surface area (Å²) in [5, 5.41) is 0.585. The Morgan fingerprint density at radius 1 is 1.12 bits per heavy atom. The van der Waals surface area contributed by atoms with Crippen molar-refractivity contribution < 1.29 is 26.7 Å². The number of amides is 1. The molecule has 9 heteroatoms. The maximum atomic E-state index is 12.5. The maximum Gasteiger partial charge on any atom is 0.341 e. The van der Waals surface area contributed by atoms with Gasteiger partial charge in [0.25, 0.3) is 5.91 Å². The molecule has 0 saturated carbocycles. The first-order valence-corrected chi connectivity index (χ1v) is 9.40. The predicted octanol–water partition coefficient (Wildman–Crippen LogP) is 3.49. The Labute approximate surface area is 155 Å². The molecule has 0 spiro atoms. The van der Waals surface area contributed by atoms with Crippen LogP contribution in [0.3, 0.4) is 0 Å². The lowest BCUT2D eigenvalue weighted by Gasteiger charge is -2.17. The van der Waals surface area contributed by atoms with Crippen LogP contribution in [0.25, 0.3) is 0 Å². The van der Waals surface area contributed by atoms with Gasteiger partial charge in [-0.3, -0.25) is 4.79 Å². The second-order valence-electron chi connectivity index (χ2n) is 5.36. The summed E-state index contributed by atoms with van der Waals surface area (Å²) < 4.78 is 53.2. The zero-order chi connectivity index (χ0) is 19.3. The van der Waals surface area contributed by atoms with E-state index in [9.17, 15) is 22.0 Å². The number of benzene rings is 2. The van der Waals surface area contributed by atoms with Crippen molar-refractivity contribution in [3.8, 4) is 5.75 Å². The monoisotopic (exact) mass is 403 g/mol. The molecule has 0 aromatic heterocycles. The van der Waals surface area contributed by atoms with E-state index < -0.39 is 20.5 Å². The average molecular weight is 404 g/mol. The fourth-order valence-electron chi connectivity index (χ4n) is 2.04. The summed E-state index contributed by atoms with van der Waals surface area (Å²) in [6.45, 7) is 0.514. The van der Waals surface area contributed by atoms with Crippen molar-refractivity contribution in [2.75, 3.05) is 20.2 Å². The van der Waals surface area contributed by atoms with E-state index in [1.54, 1.807) is 31.3 Å². The molecule has 26 heavy (non-hydrogen) atoms. The zero-order valence-electron chi connectivity index (χ0n) is 13.7. The summed E-state index contributed by atoms with van der Waals surface area (Å²) in [6, 6.07) is 11.2. The van der Waals surface area contributed by atoms with Crippen molar-refractivity contribution in [1.82, 2.24) is 4.90 Å². The van der Waals surface area contributed by atoms with Gasteiger partial charge in [0.05, 0.1) is 11.4 Å². The molecule has 5 nitrogen and oxygen atoms in total. The van der Waals surface area contributed by atoms with E-state index in [0.29, 0.717) is 10.8 Å². The summed E-state index contributed by atoms with van der Waals surface area (Å²) in [5.74, 6) is -3.28. The Bertz CT molecular complexity index is 855. The van der Waals surface area contributed by atoms with Gasteiger partial charge in [-0.25, -0.2) is 8.42 Å². The largest absolute Gasteiger partial charge is 0.492 e. The molecule has 140 valence electrons. The quantitative estimate of drug-likeness (QED) is 0.710. The molecule has 2 rings (SSSR count). The normalized spacial score (nSPS) is 11.4. The molecule has 0 atom stereocenters. The molecule has 0 aliphatic carbocycles. The molecule has 0 unspecified atom stereocenters. The second-order valence-corrected chi connectivity index (χ2v) is 7.71. The number of ether oxygens (including phenoxy) is 1. The van der Waals surface area contributed by atoms with Crippen molar-refractivity contribution in [2.45, 2.75) is 10.7 Å². The van der Waals surface area contributed by atoms with Crippen LogP contribution in [-0.2, 0) is 9.84 Å². The van der Waals surface area contributed by atoms with Crippen LogP contribution in [0.15, 0.2) is 53.4 Å². The van der Waals surface area contributed by atoms with Crippen LogP contribution in [-0.4, -0.2) is 45.2 Å². The Hall–Kier alpha value is -2.19. The number of alkyl halides is 2. The van der Waals surface area contributed by atoms with Crippen molar-refractivity contribution >= 4 is 27.3 Å². The summed E-state index contributed by atoms with van der Waals surface area (Å²) in [4.78, 5) is 13.1. The number of hydrogen-bond acceptors (Lipinski definition) is 4. The summed E-state index contributed by atoms with van der Waals surface area (Å²) >= 11 is 5.77. The molecular weight excluding hydrogens is 388 g/mol. The third-order valence-corrected chi connectivity index (χ3v) is 5.17. The minimum atomic E-state index is -4.68. The van der Waals surface area contributed by atoms with E-state index in [1.807, 2.05) is 0 Å². The topological polar surface area (TPSA) is 63.7 Å². The summed E-state index contributed by atoms with van der Waals surface area (Å²) in [6.07, 6.45) is 0. The van der Waals surface area contributed by atoms with E-state index in [4.69, 9.17) is 16.3 Å². The molecule has 0 aliphatic rings. The lowest BCUT2D eigenvalue weighted by Crippen LogP contribution is -2.30. The van der Waals surface area contributed by atoms with Gasteiger partial charge in [0.1, 0.15) is 12.4 Å². The van der Waals surface area contributed by atoms with Gasteiger partial charge in [-0.15, -0.1) is 0 Å². The highest BCUT2D eigenvalue weighted by atomic mass is 35.5. The number of carbonyl (C=O) groups excluding carboxylic acids is 1.